The normalized spacial score (nSPS) is 16.9. The third kappa shape index (κ3) is 5.61. The number of hydrogen-bond acceptors (Lipinski definition) is 4. The molecule has 1 atom stereocenters. The van der Waals surface area contributed by atoms with E-state index in [-0.39, 0.29) is 31.0 Å². The molecule has 6 nitrogen and oxygen atoms in total. The molecule has 116 valence electrons. The number of ether oxygens (including phenoxy) is 1. The van der Waals surface area contributed by atoms with Crippen LogP contribution >= 0.6 is 12.4 Å². The summed E-state index contributed by atoms with van der Waals surface area (Å²) in [5.74, 6) is 0.0662. The number of nitrogens with two attached hydrogens (primary N) is 1. The van der Waals surface area contributed by atoms with Crippen molar-refractivity contribution in [3.05, 3.63) is 29.8 Å². The lowest BCUT2D eigenvalue weighted by Gasteiger charge is -2.11. The molecule has 0 aromatic heterocycles. The lowest BCUT2D eigenvalue weighted by Crippen LogP contribution is -2.39. The van der Waals surface area contributed by atoms with E-state index in [4.69, 9.17) is 10.5 Å². The van der Waals surface area contributed by atoms with E-state index in [0.717, 1.165) is 24.9 Å². The molecule has 1 saturated heterocycles. The number of hydrogen-bond donors (Lipinski definition) is 3. The highest BCUT2D eigenvalue weighted by molar-refractivity contribution is 5.85. The zero-order valence-electron chi connectivity index (χ0n) is 11.6. The predicted molar refractivity (Wildman–Crippen MR) is 81.3 cm³/mol. The third-order valence-corrected chi connectivity index (χ3v) is 3.12. The van der Waals surface area contributed by atoms with Gasteiger partial charge in [0.1, 0.15) is 5.75 Å². The zero-order valence-corrected chi connectivity index (χ0v) is 12.4. The Morgan fingerprint density at radius 1 is 1.43 bits per heavy atom. The Labute approximate surface area is 129 Å². The standard InChI is InChI=1S/C14H19N3O3.ClH/c15-13(18)9-20-11-4-1-3-10(7-11)8-17-14(19)12-5-2-6-16-12;/h1,3-4,7,12,16H,2,5-6,8-9H2,(H2,15,18)(H,17,19);1H. The fourth-order valence-corrected chi connectivity index (χ4v) is 2.12. The lowest BCUT2D eigenvalue weighted by molar-refractivity contribution is -0.123. The van der Waals surface area contributed by atoms with Gasteiger partial charge in [-0.25, -0.2) is 0 Å². The van der Waals surface area contributed by atoms with E-state index >= 15 is 0 Å². The smallest absolute Gasteiger partial charge is 0.255 e. The minimum absolute atomic E-state index is 0. The molecule has 1 aliphatic rings. The van der Waals surface area contributed by atoms with Gasteiger partial charge >= 0.3 is 0 Å². The average Bonchev–Trinajstić information content (AvgIpc) is 2.97. The van der Waals surface area contributed by atoms with Gasteiger partial charge in [0.15, 0.2) is 6.61 Å². The van der Waals surface area contributed by atoms with E-state index in [9.17, 15) is 9.59 Å². The van der Waals surface area contributed by atoms with E-state index in [2.05, 4.69) is 10.6 Å². The van der Waals surface area contributed by atoms with Crippen molar-refractivity contribution >= 4 is 24.2 Å². The van der Waals surface area contributed by atoms with Crippen LogP contribution in [0.2, 0.25) is 0 Å². The Balaban J connectivity index is 0.00000220. The number of primary amides is 1. The van der Waals surface area contributed by atoms with Crippen molar-refractivity contribution in [3.63, 3.8) is 0 Å². The molecule has 21 heavy (non-hydrogen) atoms. The summed E-state index contributed by atoms with van der Waals surface area (Å²) in [6.45, 7) is 1.18. The largest absolute Gasteiger partial charge is 0.484 e. The van der Waals surface area contributed by atoms with Gasteiger partial charge in [-0.1, -0.05) is 12.1 Å². The van der Waals surface area contributed by atoms with Crippen LogP contribution in [0.5, 0.6) is 5.75 Å². The van der Waals surface area contributed by atoms with Crippen molar-refractivity contribution in [2.45, 2.75) is 25.4 Å². The molecule has 0 radical (unpaired) electrons. The van der Waals surface area contributed by atoms with Crippen LogP contribution in [0.4, 0.5) is 0 Å². The molecule has 0 saturated carbocycles. The summed E-state index contributed by atoms with van der Waals surface area (Å²) in [6, 6.07) is 7.15. The molecule has 1 aliphatic heterocycles. The van der Waals surface area contributed by atoms with E-state index in [1.165, 1.54) is 0 Å². The number of carbonyl (C=O) groups is 2. The Kier molecular flexibility index (Phi) is 6.98. The second-order valence-electron chi connectivity index (χ2n) is 4.77. The quantitative estimate of drug-likeness (QED) is 0.706. The predicted octanol–water partition coefficient (Wildman–Crippen LogP) is 0.341. The van der Waals surface area contributed by atoms with Gasteiger partial charge in [-0.05, 0) is 37.1 Å². The van der Waals surface area contributed by atoms with Gasteiger partial charge in [0, 0.05) is 6.54 Å². The molecule has 1 fully saturated rings. The Morgan fingerprint density at radius 3 is 2.90 bits per heavy atom. The second kappa shape index (κ2) is 8.49. The van der Waals surface area contributed by atoms with Crippen molar-refractivity contribution in [2.24, 2.45) is 5.73 Å². The second-order valence-corrected chi connectivity index (χ2v) is 4.77. The summed E-state index contributed by atoms with van der Waals surface area (Å²) in [5.41, 5.74) is 5.93. The molecule has 7 heteroatoms. The van der Waals surface area contributed by atoms with E-state index in [0.29, 0.717) is 12.3 Å². The highest BCUT2D eigenvalue weighted by Crippen LogP contribution is 2.13. The van der Waals surface area contributed by atoms with Gasteiger partial charge in [0.2, 0.25) is 5.91 Å². The SMILES string of the molecule is Cl.NC(=O)COc1cccc(CNC(=O)C2CCCN2)c1. The molecule has 4 N–H and O–H groups in total. The number of amides is 2. The molecular formula is C14H20ClN3O3. The van der Waals surface area contributed by atoms with E-state index < -0.39 is 5.91 Å². The molecule has 0 aliphatic carbocycles. The van der Waals surface area contributed by atoms with Crippen molar-refractivity contribution < 1.29 is 14.3 Å². The monoisotopic (exact) mass is 313 g/mol. The Morgan fingerprint density at radius 2 is 2.24 bits per heavy atom. The molecule has 1 unspecified atom stereocenters. The van der Waals surface area contributed by atoms with Crippen LogP contribution in [-0.4, -0.2) is 31.0 Å². The van der Waals surface area contributed by atoms with Gasteiger partial charge in [0.05, 0.1) is 6.04 Å². The van der Waals surface area contributed by atoms with Crippen LogP contribution < -0.4 is 21.1 Å². The molecule has 1 heterocycles. The first kappa shape index (κ1) is 17.3. The Hall–Kier alpha value is -1.79. The van der Waals surface area contributed by atoms with E-state index in [1.54, 1.807) is 12.1 Å². The fourth-order valence-electron chi connectivity index (χ4n) is 2.12. The zero-order chi connectivity index (χ0) is 14.4. The van der Waals surface area contributed by atoms with Gasteiger partial charge in [-0.3, -0.25) is 9.59 Å². The molecule has 1 aromatic rings. The summed E-state index contributed by atoms with van der Waals surface area (Å²) in [5, 5.41) is 6.03. The van der Waals surface area contributed by atoms with Crippen molar-refractivity contribution in [3.8, 4) is 5.75 Å². The summed E-state index contributed by atoms with van der Waals surface area (Å²) in [6.07, 6.45) is 1.92. The molecule has 2 rings (SSSR count). The van der Waals surface area contributed by atoms with Crippen molar-refractivity contribution in [1.29, 1.82) is 0 Å². The highest BCUT2D eigenvalue weighted by atomic mass is 35.5. The van der Waals surface area contributed by atoms with E-state index in [1.807, 2.05) is 12.1 Å². The number of benzene rings is 1. The summed E-state index contributed by atoms with van der Waals surface area (Å²) in [7, 11) is 0. The third-order valence-electron chi connectivity index (χ3n) is 3.12. The van der Waals surface area contributed by atoms with Crippen molar-refractivity contribution in [1.82, 2.24) is 10.6 Å². The molecular weight excluding hydrogens is 294 g/mol. The average molecular weight is 314 g/mol. The van der Waals surface area contributed by atoms with Crippen LogP contribution in [-0.2, 0) is 16.1 Å². The molecule has 0 spiro atoms. The minimum Gasteiger partial charge on any atom is -0.484 e. The van der Waals surface area contributed by atoms with Crippen LogP contribution in [0.1, 0.15) is 18.4 Å². The highest BCUT2D eigenvalue weighted by Gasteiger charge is 2.21. The van der Waals surface area contributed by atoms with Crippen molar-refractivity contribution in [2.75, 3.05) is 13.2 Å². The molecule has 0 bridgehead atoms. The summed E-state index contributed by atoms with van der Waals surface area (Å²) in [4.78, 5) is 22.5. The summed E-state index contributed by atoms with van der Waals surface area (Å²) < 4.78 is 5.22. The maximum atomic E-state index is 11.9. The van der Waals surface area contributed by atoms with Crippen LogP contribution in [0.15, 0.2) is 24.3 Å². The molecule has 2 amide bonds. The van der Waals surface area contributed by atoms with Gasteiger partial charge < -0.3 is 21.1 Å². The minimum atomic E-state index is -0.518. The molecule has 1 aromatic carbocycles. The first-order valence-corrected chi connectivity index (χ1v) is 6.66. The maximum Gasteiger partial charge on any atom is 0.255 e. The number of halogens is 1. The number of rotatable bonds is 6. The lowest BCUT2D eigenvalue weighted by atomic mass is 10.2. The van der Waals surface area contributed by atoms with Crippen LogP contribution in [0.25, 0.3) is 0 Å². The van der Waals surface area contributed by atoms with Crippen LogP contribution in [0.3, 0.4) is 0 Å². The fraction of sp³-hybridized carbons (Fsp3) is 0.429. The number of nitrogens with one attached hydrogen (secondary N) is 2. The first-order valence-electron chi connectivity index (χ1n) is 6.66. The maximum absolute atomic E-state index is 11.9. The first-order chi connectivity index (χ1) is 9.65. The Bertz CT molecular complexity index is 490. The topological polar surface area (TPSA) is 93.5 Å². The summed E-state index contributed by atoms with van der Waals surface area (Å²) >= 11 is 0. The van der Waals surface area contributed by atoms with Gasteiger partial charge in [-0.2, -0.15) is 0 Å². The van der Waals surface area contributed by atoms with Crippen LogP contribution in [0, 0.1) is 0 Å². The van der Waals surface area contributed by atoms with Gasteiger partial charge in [0.25, 0.3) is 5.91 Å². The van der Waals surface area contributed by atoms with Gasteiger partial charge in [-0.15, -0.1) is 12.4 Å². The number of carbonyl (C=O) groups excluding carboxylic acids is 2.